The van der Waals surface area contributed by atoms with Crippen LogP contribution in [0.15, 0.2) is 12.7 Å². The van der Waals surface area contributed by atoms with E-state index in [0.29, 0.717) is 36.7 Å². The molecule has 0 fully saturated rings. The van der Waals surface area contributed by atoms with E-state index in [1.54, 1.807) is 6.33 Å². The molecule has 2 rings (SSSR count). The second kappa shape index (κ2) is 8.12. The minimum Gasteiger partial charge on any atom is -0.382 e. The van der Waals surface area contributed by atoms with Crippen LogP contribution in [0.3, 0.4) is 0 Å². The summed E-state index contributed by atoms with van der Waals surface area (Å²) in [4.78, 5) is 12.4. The molecule has 8 nitrogen and oxygen atoms in total. The molecule has 2 aromatic rings. The van der Waals surface area contributed by atoms with Crippen LogP contribution in [0.2, 0.25) is 0 Å². The van der Waals surface area contributed by atoms with E-state index in [-0.39, 0.29) is 12.5 Å². The summed E-state index contributed by atoms with van der Waals surface area (Å²) in [5, 5.41) is 0. The van der Waals surface area contributed by atoms with Crippen molar-refractivity contribution in [2.24, 2.45) is 0 Å². The molecule has 0 saturated carbocycles. The van der Waals surface area contributed by atoms with Crippen LogP contribution in [0.1, 0.15) is 20.8 Å². The van der Waals surface area contributed by atoms with Gasteiger partial charge in [0.1, 0.15) is 18.2 Å². The van der Waals surface area contributed by atoms with Crippen molar-refractivity contribution < 1.29 is 13.8 Å². The standard InChI is InChI=1S/C13H22N5O3PS/c1-4-20-22(23,21-5-2)9-19-10(3)6-18-8-17-11-12(14)15-7-16-13(11)18/h7-8,10H,4-6,9H2,1-3H3,(H2,14,15,16)/t10-/m1/s1. The van der Waals surface area contributed by atoms with Crippen LogP contribution in [0.25, 0.3) is 11.2 Å². The van der Waals surface area contributed by atoms with Crippen molar-refractivity contribution in [3.05, 3.63) is 12.7 Å². The van der Waals surface area contributed by atoms with Crippen LogP contribution in [0.4, 0.5) is 5.82 Å². The summed E-state index contributed by atoms with van der Waals surface area (Å²) in [6.45, 7) is 4.95. The minimum absolute atomic E-state index is 0.105. The van der Waals surface area contributed by atoms with E-state index in [4.69, 9.17) is 31.3 Å². The van der Waals surface area contributed by atoms with Gasteiger partial charge < -0.3 is 24.1 Å². The number of nitrogens with zero attached hydrogens (tertiary/aromatic N) is 4. The summed E-state index contributed by atoms with van der Waals surface area (Å²) in [5.41, 5.74) is 7.06. The molecule has 2 N–H and O–H groups in total. The van der Waals surface area contributed by atoms with Crippen molar-refractivity contribution in [2.45, 2.75) is 33.4 Å². The van der Waals surface area contributed by atoms with Crippen LogP contribution < -0.4 is 5.73 Å². The Hall–Kier alpha value is -1.12. The summed E-state index contributed by atoms with van der Waals surface area (Å²) in [5.74, 6) is 0.366. The Bertz CT molecular complexity index is 685. The van der Waals surface area contributed by atoms with Gasteiger partial charge in [0.25, 0.3) is 0 Å². The van der Waals surface area contributed by atoms with Gasteiger partial charge in [0.05, 0.1) is 32.2 Å². The molecular formula is C13H22N5O3PS. The van der Waals surface area contributed by atoms with Crippen molar-refractivity contribution in [3.63, 3.8) is 0 Å². The maximum Gasteiger partial charge on any atom is 0.214 e. The van der Waals surface area contributed by atoms with Crippen LogP contribution in [-0.4, -0.2) is 45.2 Å². The van der Waals surface area contributed by atoms with Crippen molar-refractivity contribution in [2.75, 3.05) is 25.3 Å². The van der Waals surface area contributed by atoms with E-state index in [2.05, 4.69) is 15.0 Å². The molecule has 0 unspecified atom stereocenters. The van der Waals surface area contributed by atoms with Crippen molar-refractivity contribution in [1.82, 2.24) is 19.5 Å². The predicted molar refractivity (Wildman–Crippen MR) is 92.7 cm³/mol. The van der Waals surface area contributed by atoms with Gasteiger partial charge in [0, 0.05) is 0 Å². The fourth-order valence-corrected chi connectivity index (χ4v) is 4.35. The number of imidazole rings is 1. The molecule has 10 heteroatoms. The largest absolute Gasteiger partial charge is 0.382 e. The Balaban J connectivity index is 2.00. The first-order chi connectivity index (χ1) is 11.0. The van der Waals surface area contributed by atoms with Gasteiger partial charge in [-0.15, -0.1) is 0 Å². The summed E-state index contributed by atoms with van der Waals surface area (Å²) in [6.07, 6.45) is 3.27. The molecule has 0 aliphatic heterocycles. The number of nitrogen functional groups attached to an aromatic ring is 1. The molecule has 23 heavy (non-hydrogen) atoms. The predicted octanol–water partition coefficient (Wildman–Crippen LogP) is 2.15. The smallest absolute Gasteiger partial charge is 0.214 e. The van der Waals surface area contributed by atoms with Crippen LogP contribution in [0.5, 0.6) is 0 Å². The lowest BCUT2D eigenvalue weighted by molar-refractivity contribution is 0.0756. The van der Waals surface area contributed by atoms with E-state index in [9.17, 15) is 0 Å². The Labute approximate surface area is 140 Å². The lowest BCUT2D eigenvalue weighted by Gasteiger charge is -2.23. The van der Waals surface area contributed by atoms with E-state index in [1.807, 2.05) is 25.3 Å². The third-order valence-electron chi connectivity index (χ3n) is 3.05. The average Bonchev–Trinajstić information content (AvgIpc) is 2.91. The van der Waals surface area contributed by atoms with Gasteiger partial charge in [-0.25, -0.2) is 15.0 Å². The zero-order chi connectivity index (χ0) is 16.9. The monoisotopic (exact) mass is 359 g/mol. The number of ether oxygens (including phenoxy) is 1. The van der Waals surface area contributed by atoms with Crippen LogP contribution >= 0.6 is 6.49 Å². The van der Waals surface area contributed by atoms with Crippen LogP contribution in [-0.2, 0) is 32.1 Å². The molecule has 0 aromatic carbocycles. The highest BCUT2D eigenvalue weighted by atomic mass is 32.5. The molecule has 0 bridgehead atoms. The molecule has 128 valence electrons. The fourth-order valence-electron chi connectivity index (χ4n) is 2.09. The second-order valence-electron chi connectivity index (χ2n) is 4.88. The number of rotatable bonds is 9. The Morgan fingerprint density at radius 2 is 1.96 bits per heavy atom. The molecule has 2 aromatic heterocycles. The van der Waals surface area contributed by atoms with E-state index in [0.717, 1.165) is 0 Å². The second-order valence-corrected chi connectivity index (χ2v) is 8.55. The zero-order valence-corrected chi connectivity index (χ0v) is 15.2. The zero-order valence-electron chi connectivity index (χ0n) is 13.5. The number of hydrogen-bond donors (Lipinski definition) is 1. The molecule has 0 saturated heterocycles. The SMILES string of the molecule is CCOP(=S)(CO[C@H](C)Cn1cnc2c(N)ncnc21)OCC. The van der Waals surface area contributed by atoms with Crippen molar-refractivity contribution in [3.8, 4) is 0 Å². The average molecular weight is 359 g/mol. The number of anilines is 1. The lowest BCUT2D eigenvalue weighted by Crippen LogP contribution is -2.18. The Kier molecular flexibility index (Phi) is 6.43. The highest BCUT2D eigenvalue weighted by Gasteiger charge is 2.20. The molecule has 1 atom stereocenters. The Morgan fingerprint density at radius 3 is 2.61 bits per heavy atom. The first-order valence-corrected chi connectivity index (χ1v) is 10.2. The van der Waals surface area contributed by atoms with Crippen molar-refractivity contribution in [1.29, 1.82) is 0 Å². The third-order valence-corrected chi connectivity index (χ3v) is 5.77. The quantitative estimate of drug-likeness (QED) is 0.680. The number of nitrogens with two attached hydrogens (primary N) is 1. The summed E-state index contributed by atoms with van der Waals surface area (Å²) >= 11 is 5.45. The maximum atomic E-state index is 5.84. The number of fused-ring (bicyclic) bond motifs is 1. The van der Waals surface area contributed by atoms with Crippen LogP contribution in [0, 0.1) is 0 Å². The van der Waals surface area contributed by atoms with Gasteiger partial charge in [0.2, 0.25) is 6.49 Å². The molecule has 2 heterocycles. The normalized spacial score (nSPS) is 13.5. The van der Waals surface area contributed by atoms with Gasteiger partial charge >= 0.3 is 0 Å². The fraction of sp³-hybridized carbons (Fsp3) is 0.615. The van der Waals surface area contributed by atoms with Gasteiger partial charge in [-0.05, 0) is 32.6 Å². The topological polar surface area (TPSA) is 97.3 Å². The van der Waals surface area contributed by atoms with E-state index < -0.39 is 6.49 Å². The van der Waals surface area contributed by atoms with E-state index in [1.165, 1.54) is 6.33 Å². The molecule has 0 spiro atoms. The summed E-state index contributed by atoms with van der Waals surface area (Å²) in [6, 6.07) is 0. The molecule has 0 aliphatic carbocycles. The highest BCUT2D eigenvalue weighted by Crippen LogP contribution is 2.48. The molecule has 0 radical (unpaired) electrons. The van der Waals surface area contributed by atoms with Gasteiger partial charge in [-0.2, -0.15) is 0 Å². The first-order valence-electron chi connectivity index (χ1n) is 7.40. The lowest BCUT2D eigenvalue weighted by atomic mass is 10.4. The number of aromatic nitrogens is 4. The first kappa shape index (κ1) is 18.2. The summed E-state index contributed by atoms with van der Waals surface area (Å²) in [7, 11) is 0. The van der Waals surface area contributed by atoms with Crippen molar-refractivity contribution >= 4 is 35.3 Å². The van der Waals surface area contributed by atoms with Gasteiger partial charge in [-0.3, -0.25) is 0 Å². The minimum atomic E-state index is -2.38. The molecule has 0 aliphatic rings. The summed E-state index contributed by atoms with van der Waals surface area (Å²) < 4.78 is 18.8. The highest BCUT2D eigenvalue weighted by molar-refractivity contribution is 8.09. The maximum absolute atomic E-state index is 5.84. The third kappa shape index (κ3) is 4.68. The van der Waals surface area contributed by atoms with Gasteiger partial charge in [0.15, 0.2) is 11.5 Å². The number of hydrogen-bond acceptors (Lipinski definition) is 8. The Morgan fingerprint density at radius 1 is 1.26 bits per heavy atom. The van der Waals surface area contributed by atoms with E-state index >= 15 is 0 Å². The molecule has 0 amide bonds. The molecular weight excluding hydrogens is 337 g/mol. The van der Waals surface area contributed by atoms with Gasteiger partial charge in [-0.1, -0.05) is 0 Å².